The van der Waals surface area contributed by atoms with Gasteiger partial charge < -0.3 is 25.0 Å². The topological polar surface area (TPSA) is 117 Å². The van der Waals surface area contributed by atoms with Crippen molar-refractivity contribution in [2.45, 2.75) is 45.3 Å². The number of nitrogens with one attached hydrogen (secondary N) is 1. The number of amides is 2. The number of carbonyl (C=O) groups is 3. The first-order chi connectivity index (χ1) is 15.5. The van der Waals surface area contributed by atoms with Gasteiger partial charge in [-0.15, -0.1) is 0 Å². The van der Waals surface area contributed by atoms with Gasteiger partial charge in [0, 0.05) is 38.9 Å². The Balaban J connectivity index is 0.000000913. The smallest absolute Gasteiger partial charge is 0.290 e. The van der Waals surface area contributed by atoms with Crippen LogP contribution in [0.1, 0.15) is 43.1 Å². The fourth-order valence-corrected chi connectivity index (χ4v) is 4.27. The molecule has 2 saturated heterocycles. The molecule has 1 atom stereocenters. The van der Waals surface area contributed by atoms with Crippen LogP contribution in [0.15, 0.2) is 12.3 Å². The summed E-state index contributed by atoms with van der Waals surface area (Å²) in [6.07, 6.45) is 6.77. The third kappa shape index (κ3) is 7.30. The number of carbonyl (C=O) groups excluding carboxylic acids is 2. The van der Waals surface area contributed by atoms with E-state index >= 15 is 0 Å². The molecular weight excluding hydrogens is 414 g/mol. The monoisotopic (exact) mass is 449 g/mol. The van der Waals surface area contributed by atoms with E-state index in [1.807, 2.05) is 11.8 Å². The lowest BCUT2D eigenvalue weighted by Crippen LogP contribution is -2.52. The summed E-state index contributed by atoms with van der Waals surface area (Å²) >= 11 is 0. The van der Waals surface area contributed by atoms with Crippen LogP contribution in [0.25, 0.3) is 0 Å². The lowest BCUT2D eigenvalue weighted by atomic mass is 9.95. The molecule has 0 bridgehead atoms. The van der Waals surface area contributed by atoms with E-state index in [4.69, 9.17) is 14.6 Å². The average Bonchev–Trinajstić information content (AvgIpc) is 3.47. The highest BCUT2D eigenvalue weighted by Crippen LogP contribution is 2.31. The van der Waals surface area contributed by atoms with Crippen LogP contribution >= 0.6 is 0 Å². The molecule has 178 valence electrons. The van der Waals surface area contributed by atoms with Crippen LogP contribution in [0.2, 0.25) is 0 Å². The van der Waals surface area contributed by atoms with Crippen molar-refractivity contribution in [1.29, 1.82) is 0 Å². The molecule has 10 heteroatoms. The molecule has 3 fully saturated rings. The van der Waals surface area contributed by atoms with E-state index in [9.17, 15) is 9.59 Å². The van der Waals surface area contributed by atoms with Crippen LogP contribution in [0.5, 0.6) is 0 Å². The van der Waals surface area contributed by atoms with Crippen molar-refractivity contribution in [3.8, 4) is 0 Å². The summed E-state index contributed by atoms with van der Waals surface area (Å²) in [7, 11) is 0. The van der Waals surface area contributed by atoms with Crippen LogP contribution < -0.4 is 5.32 Å². The average molecular weight is 450 g/mol. The standard InChI is InChI=1S/C21H33N5O3.CH2O2/c1-2-26-10-7-19(23-26)21(28)22-11-18-14-25(20(27)15-29-18)13-17-5-8-24(9-6-17)12-16-3-4-16;2-1-3/h7,10,16-18H,2-6,8-9,11-15H2,1H3,(H,22,28);1H,(H,2,3). The lowest BCUT2D eigenvalue weighted by Gasteiger charge is -2.38. The van der Waals surface area contributed by atoms with E-state index in [1.165, 1.54) is 32.2 Å². The summed E-state index contributed by atoms with van der Waals surface area (Å²) < 4.78 is 7.37. The zero-order valence-corrected chi connectivity index (χ0v) is 18.8. The quantitative estimate of drug-likeness (QED) is 0.561. The Morgan fingerprint density at radius 2 is 1.94 bits per heavy atom. The van der Waals surface area contributed by atoms with Crippen molar-refractivity contribution >= 4 is 18.3 Å². The van der Waals surface area contributed by atoms with Gasteiger partial charge in [0.2, 0.25) is 5.91 Å². The van der Waals surface area contributed by atoms with Crippen LogP contribution in [0.3, 0.4) is 0 Å². The highest BCUT2D eigenvalue weighted by atomic mass is 16.5. The number of hydrogen-bond acceptors (Lipinski definition) is 6. The van der Waals surface area contributed by atoms with Gasteiger partial charge in [0.05, 0.1) is 6.10 Å². The third-order valence-electron chi connectivity index (χ3n) is 6.31. The molecule has 1 aromatic rings. The minimum absolute atomic E-state index is 0.0645. The molecule has 1 aliphatic carbocycles. The molecule has 3 aliphatic rings. The minimum Gasteiger partial charge on any atom is -0.483 e. The maximum atomic E-state index is 12.3. The second-order valence-electron chi connectivity index (χ2n) is 8.79. The number of aryl methyl sites for hydroxylation is 1. The van der Waals surface area contributed by atoms with Gasteiger partial charge >= 0.3 is 0 Å². The van der Waals surface area contributed by atoms with Crippen molar-refractivity contribution in [1.82, 2.24) is 24.9 Å². The van der Waals surface area contributed by atoms with E-state index in [1.54, 1.807) is 16.9 Å². The van der Waals surface area contributed by atoms with Gasteiger partial charge in [-0.2, -0.15) is 5.10 Å². The van der Waals surface area contributed by atoms with E-state index in [0.717, 1.165) is 32.1 Å². The Hall–Kier alpha value is -2.46. The minimum atomic E-state index is -0.250. The van der Waals surface area contributed by atoms with Crippen LogP contribution in [0, 0.1) is 11.8 Å². The van der Waals surface area contributed by atoms with Gasteiger partial charge in [0.1, 0.15) is 12.3 Å². The molecule has 0 spiro atoms. The van der Waals surface area contributed by atoms with Gasteiger partial charge in [-0.05, 0) is 63.6 Å². The first-order valence-electron chi connectivity index (χ1n) is 11.5. The molecule has 1 aromatic heterocycles. The summed E-state index contributed by atoms with van der Waals surface area (Å²) in [6.45, 7) is 7.89. The summed E-state index contributed by atoms with van der Waals surface area (Å²) in [5, 5.41) is 14.0. The maximum Gasteiger partial charge on any atom is 0.290 e. The molecule has 1 unspecified atom stereocenters. The van der Waals surface area contributed by atoms with Gasteiger partial charge in [-0.3, -0.25) is 19.1 Å². The van der Waals surface area contributed by atoms with E-state index in [2.05, 4.69) is 15.3 Å². The van der Waals surface area contributed by atoms with Gasteiger partial charge in [0.15, 0.2) is 0 Å². The summed E-state index contributed by atoms with van der Waals surface area (Å²) in [5.74, 6) is 1.38. The number of likely N-dealkylation sites (tertiary alicyclic amines) is 1. The zero-order chi connectivity index (χ0) is 22.9. The summed E-state index contributed by atoms with van der Waals surface area (Å²) in [5.41, 5.74) is 0.411. The largest absolute Gasteiger partial charge is 0.483 e. The lowest BCUT2D eigenvalue weighted by molar-refractivity contribution is -0.149. The van der Waals surface area contributed by atoms with E-state index in [-0.39, 0.29) is 31.0 Å². The summed E-state index contributed by atoms with van der Waals surface area (Å²) in [4.78, 5) is 37.5. The van der Waals surface area contributed by atoms with Crippen molar-refractivity contribution in [3.63, 3.8) is 0 Å². The molecular formula is C22H35N5O5. The molecule has 1 saturated carbocycles. The Morgan fingerprint density at radius 3 is 2.56 bits per heavy atom. The Labute approximate surface area is 188 Å². The molecule has 0 radical (unpaired) electrons. The predicted molar refractivity (Wildman–Crippen MR) is 117 cm³/mol. The second-order valence-corrected chi connectivity index (χ2v) is 8.79. The van der Waals surface area contributed by atoms with Crippen molar-refractivity contribution in [2.24, 2.45) is 11.8 Å². The van der Waals surface area contributed by atoms with Crippen molar-refractivity contribution in [3.05, 3.63) is 18.0 Å². The van der Waals surface area contributed by atoms with Crippen molar-refractivity contribution in [2.75, 3.05) is 45.9 Å². The molecule has 10 nitrogen and oxygen atoms in total. The van der Waals surface area contributed by atoms with E-state index in [0.29, 0.717) is 24.7 Å². The van der Waals surface area contributed by atoms with Crippen LogP contribution in [-0.2, 0) is 20.9 Å². The normalized spacial score (nSPS) is 22.2. The van der Waals surface area contributed by atoms with Gasteiger partial charge in [0.25, 0.3) is 12.4 Å². The summed E-state index contributed by atoms with van der Waals surface area (Å²) in [6, 6.07) is 1.71. The number of ether oxygens (including phenoxy) is 1. The molecule has 32 heavy (non-hydrogen) atoms. The number of aromatic nitrogens is 2. The van der Waals surface area contributed by atoms with Crippen molar-refractivity contribution < 1.29 is 24.2 Å². The fourth-order valence-electron chi connectivity index (χ4n) is 4.27. The number of hydrogen-bond donors (Lipinski definition) is 2. The number of nitrogens with zero attached hydrogens (tertiary/aromatic N) is 4. The molecule has 2 N–H and O–H groups in total. The molecule has 3 heterocycles. The van der Waals surface area contributed by atoms with Gasteiger partial charge in [-0.25, -0.2) is 0 Å². The Morgan fingerprint density at radius 1 is 1.25 bits per heavy atom. The van der Waals surface area contributed by atoms with E-state index < -0.39 is 0 Å². The Bertz CT molecular complexity index is 758. The Kier molecular flexibility index (Phi) is 9.04. The number of rotatable bonds is 8. The zero-order valence-electron chi connectivity index (χ0n) is 18.8. The second kappa shape index (κ2) is 12.0. The third-order valence-corrected chi connectivity index (χ3v) is 6.31. The van der Waals surface area contributed by atoms with Gasteiger partial charge in [-0.1, -0.05) is 0 Å². The SMILES string of the molecule is CCn1ccc(C(=O)NCC2CN(CC3CCN(CC4CC4)CC3)C(=O)CO2)n1.O=CO. The molecule has 2 amide bonds. The van der Waals surface area contributed by atoms with Crippen LogP contribution in [-0.4, -0.2) is 95.0 Å². The molecule has 2 aliphatic heterocycles. The van der Waals surface area contributed by atoms with Crippen LogP contribution in [0.4, 0.5) is 0 Å². The highest BCUT2D eigenvalue weighted by molar-refractivity contribution is 5.92. The maximum absolute atomic E-state index is 12.3. The fraction of sp³-hybridized carbons (Fsp3) is 0.727. The number of carboxylic acid groups (broad SMARTS) is 1. The molecule has 0 aromatic carbocycles. The number of piperidine rings is 1. The number of morpholine rings is 1. The first-order valence-corrected chi connectivity index (χ1v) is 11.5. The highest BCUT2D eigenvalue weighted by Gasteiger charge is 2.31. The molecule has 4 rings (SSSR count). The first kappa shape index (κ1) is 24.2. The predicted octanol–water partition coefficient (Wildman–Crippen LogP) is 0.683.